The summed E-state index contributed by atoms with van der Waals surface area (Å²) in [4.78, 5) is 12.7. The summed E-state index contributed by atoms with van der Waals surface area (Å²) >= 11 is 0. The van der Waals surface area contributed by atoms with Crippen LogP contribution in [0.25, 0.3) is 0 Å². The molecule has 1 aliphatic rings. The molecular formula is C14H16N6O. The van der Waals surface area contributed by atoms with Gasteiger partial charge in [0.25, 0.3) is 0 Å². The van der Waals surface area contributed by atoms with Gasteiger partial charge in [0.15, 0.2) is 5.82 Å². The number of rotatable bonds is 2. The molecule has 0 unspecified atom stereocenters. The van der Waals surface area contributed by atoms with Crippen LogP contribution in [0.2, 0.25) is 0 Å². The summed E-state index contributed by atoms with van der Waals surface area (Å²) in [6.45, 7) is 4.22. The molecule has 0 amide bonds. The van der Waals surface area contributed by atoms with Gasteiger partial charge in [0.1, 0.15) is 12.1 Å². The first-order valence-electron chi connectivity index (χ1n) is 6.78. The summed E-state index contributed by atoms with van der Waals surface area (Å²) < 4.78 is 5.31. The lowest BCUT2D eigenvalue weighted by atomic mass is 10.1. The van der Waals surface area contributed by atoms with E-state index in [2.05, 4.69) is 31.0 Å². The van der Waals surface area contributed by atoms with Crippen molar-refractivity contribution >= 4 is 5.69 Å². The van der Waals surface area contributed by atoms with E-state index in [1.54, 1.807) is 12.4 Å². The number of pyridine rings is 1. The van der Waals surface area contributed by atoms with Gasteiger partial charge in [-0.15, -0.1) is 0 Å². The summed E-state index contributed by atoms with van der Waals surface area (Å²) in [5, 5.41) is 13.1. The summed E-state index contributed by atoms with van der Waals surface area (Å²) in [5.41, 5.74) is 1.49. The molecule has 7 heteroatoms. The Morgan fingerprint density at radius 2 is 2.29 bits per heavy atom. The summed E-state index contributed by atoms with van der Waals surface area (Å²) in [5.74, 6) is 1.25. The van der Waals surface area contributed by atoms with Crippen LogP contribution in [0.1, 0.15) is 23.3 Å². The Morgan fingerprint density at radius 1 is 1.43 bits per heavy atom. The third kappa shape index (κ3) is 2.58. The van der Waals surface area contributed by atoms with Gasteiger partial charge in [-0.3, -0.25) is 9.88 Å². The second-order valence-corrected chi connectivity index (χ2v) is 5.13. The largest absolute Gasteiger partial charge is 0.367 e. The highest BCUT2D eigenvalue weighted by molar-refractivity contribution is 5.58. The van der Waals surface area contributed by atoms with Crippen molar-refractivity contribution < 1.29 is 4.52 Å². The van der Waals surface area contributed by atoms with Gasteiger partial charge in [-0.2, -0.15) is 10.2 Å². The molecule has 3 heterocycles. The van der Waals surface area contributed by atoms with Gasteiger partial charge in [-0.1, -0.05) is 5.16 Å². The zero-order valence-electron chi connectivity index (χ0n) is 12.0. The molecule has 1 fully saturated rings. The second kappa shape index (κ2) is 5.50. The minimum atomic E-state index is 0.0275. The zero-order valence-corrected chi connectivity index (χ0v) is 12.0. The van der Waals surface area contributed by atoms with Gasteiger partial charge in [0.2, 0.25) is 5.89 Å². The van der Waals surface area contributed by atoms with E-state index >= 15 is 0 Å². The monoisotopic (exact) mass is 284 g/mol. The number of anilines is 1. The van der Waals surface area contributed by atoms with E-state index in [-0.39, 0.29) is 6.04 Å². The van der Waals surface area contributed by atoms with Gasteiger partial charge >= 0.3 is 0 Å². The van der Waals surface area contributed by atoms with Gasteiger partial charge in [0, 0.05) is 32.0 Å². The van der Waals surface area contributed by atoms with Crippen LogP contribution in [0.4, 0.5) is 5.69 Å². The maximum atomic E-state index is 9.22. The van der Waals surface area contributed by atoms with E-state index in [1.165, 1.54) is 0 Å². The molecule has 21 heavy (non-hydrogen) atoms. The van der Waals surface area contributed by atoms with Crippen molar-refractivity contribution in [1.82, 2.24) is 20.0 Å². The van der Waals surface area contributed by atoms with Crippen LogP contribution in [-0.2, 0) is 0 Å². The van der Waals surface area contributed by atoms with E-state index in [9.17, 15) is 5.26 Å². The van der Waals surface area contributed by atoms with Gasteiger partial charge in [-0.25, -0.2) is 0 Å². The molecule has 0 saturated carbocycles. The molecule has 0 aliphatic carbocycles. The quantitative estimate of drug-likeness (QED) is 0.817. The van der Waals surface area contributed by atoms with Crippen molar-refractivity contribution in [2.45, 2.75) is 13.0 Å². The average molecular weight is 284 g/mol. The number of piperazine rings is 1. The van der Waals surface area contributed by atoms with Crippen LogP contribution in [0, 0.1) is 18.3 Å². The van der Waals surface area contributed by atoms with Gasteiger partial charge in [-0.05, 0) is 20.0 Å². The second-order valence-electron chi connectivity index (χ2n) is 5.13. The molecule has 0 aromatic carbocycles. The molecule has 1 aliphatic heterocycles. The molecule has 1 atom stereocenters. The molecule has 0 N–H and O–H groups in total. The fraction of sp³-hybridized carbons (Fsp3) is 0.429. The summed E-state index contributed by atoms with van der Waals surface area (Å²) in [6.07, 6.45) is 3.31. The van der Waals surface area contributed by atoms with E-state index in [1.807, 2.05) is 20.0 Å². The van der Waals surface area contributed by atoms with E-state index in [4.69, 9.17) is 4.52 Å². The highest BCUT2D eigenvalue weighted by Gasteiger charge is 2.30. The Balaban J connectivity index is 1.88. The molecular weight excluding hydrogens is 268 g/mol. The first-order chi connectivity index (χ1) is 10.2. The first-order valence-corrected chi connectivity index (χ1v) is 6.78. The van der Waals surface area contributed by atoms with E-state index < -0.39 is 0 Å². The molecule has 1 saturated heterocycles. The third-order valence-electron chi connectivity index (χ3n) is 3.74. The Labute approximate surface area is 122 Å². The highest BCUT2D eigenvalue weighted by atomic mass is 16.5. The highest BCUT2D eigenvalue weighted by Crippen LogP contribution is 2.28. The molecule has 3 rings (SSSR count). The molecule has 2 aromatic heterocycles. The summed E-state index contributed by atoms with van der Waals surface area (Å²) in [6, 6.07) is 4.10. The van der Waals surface area contributed by atoms with Crippen LogP contribution >= 0.6 is 0 Å². The van der Waals surface area contributed by atoms with E-state index in [0.29, 0.717) is 23.8 Å². The fourth-order valence-electron chi connectivity index (χ4n) is 2.56. The number of aryl methyl sites for hydroxylation is 1. The Bertz CT molecular complexity index is 676. The van der Waals surface area contributed by atoms with Crippen LogP contribution in [-0.4, -0.2) is 46.7 Å². The Morgan fingerprint density at radius 3 is 3.00 bits per heavy atom. The van der Waals surface area contributed by atoms with E-state index in [0.717, 1.165) is 18.8 Å². The Hall–Kier alpha value is -2.46. The molecule has 0 spiro atoms. The minimum absolute atomic E-state index is 0.0275. The molecule has 7 nitrogen and oxygen atoms in total. The maximum Gasteiger partial charge on any atom is 0.245 e. The van der Waals surface area contributed by atoms with Gasteiger partial charge in [0.05, 0.1) is 11.3 Å². The third-order valence-corrected chi connectivity index (χ3v) is 3.74. The van der Waals surface area contributed by atoms with Crippen LogP contribution in [0.15, 0.2) is 23.0 Å². The molecule has 108 valence electrons. The lowest BCUT2D eigenvalue weighted by Crippen LogP contribution is -2.47. The number of hydrogen-bond acceptors (Lipinski definition) is 7. The van der Waals surface area contributed by atoms with Crippen molar-refractivity contribution in [2.24, 2.45) is 0 Å². The lowest BCUT2D eigenvalue weighted by Gasteiger charge is -2.39. The average Bonchev–Trinajstić information content (AvgIpc) is 2.94. The fourth-order valence-corrected chi connectivity index (χ4v) is 2.56. The molecule has 0 radical (unpaired) electrons. The first kappa shape index (κ1) is 13.5. The van der Waals surface area contributed by atoms with Gasteiger partial charge < -0.3 is 9.42 Å². The number of nitrogens with zero attached hydrogens (tertiary/aromatic N) is 6. The van der Waals surface area contributed by atoms with Crippen molar-refractivity contribution in [1.29, 1.82) is 5.26 Å². The Kier molecular flexibility index (Phi) is 3.54. The zero-order chi connectivity index (χ0) is 14.8. The summed E-state index contributed by atoms with van der Waals surface area (Å²) in [7, 11) is 2.04. The predicted octanol–water partition coefficient (Wildman–Crippen LogP) is 1.14. The maximum absolute atomic E-state index is 9.22. The molecule has 0 bridgehead atoms. The number of likely N-dealkylation sites (N-methyl/N-ethyl adjacent to an activating group) is 1. The minimum Gasteiger partial charge on any atom is -0.367 e. The standard InChI is InChI=1S/C14H16N6O/c1-10-17-14(21-18-10)13-9-20(6-5-19(13)2)12-3-4-16-8-11(12)7-15/h3-4,8,13H,5-6,9H2,1-2H3/t13-/m1/s1. The van der Waals surface area contributed by atoms with Crippen LogP contribution < -0.4 is 4.90 Å². The smallest absolute Gasteiger partial charge is 0.245 e. The van der Waals surface area contributed by atoms with Crippen LogP contribution in [0.3, 0.4) is 0 Å². The number of nitriles is 1. The number of aromatic nitrogens is 3. The van der Waals surface area contributed by atoms with Crippen LogP contribution in [0.5, 0.6) is 0 Å². The predicted molar refractivity (Wildman–Crippen MR) is 75.6 cm³/mol. The topological polar surface area (TPSA) is 82.1 Å². The normalized spacial score (nSPS) is 19.5. The lowest BCUT2D eigenvalue weighted by molar-refractivity contribution is 0.177. The van der Waals surface area contributed by atoms with Crippen molar-refractivity contribution in [3.63, 3.8) is 0 Å². The number of hydrogen-bond donors (Lipinski definition) is 0. The van der Waals surface area contributed by atoms with Crippen molar-refractivity contribution in [2.75, 3.05) is 31.6 Å². The SMILES string of the molecule is Cc1noc([C@H]2CN(c3ccncc3C#N)CCN2C)n1. The van der Waals surface area contributed by atoms with Crippen molar-refractivity contribution in [3.05, 3.63) is 35.7 Å². The molecule has 2 aromatic rings. The van der Waals surface area contributed by atoms with Crippen molar-refractivity contribution in [3.8, 4) is 6.07 Å².